The Morgan fingerprint density at radius 2 is 1.74 bits per heavy atom. The third-order valence-electron chi connectivity index (χ3n) is 2.97. The van der Waals surface area contributed by atoms with E-state index in [2.05, 4.69) is 21.4 Å². The summed E-state index contributed by atoms with van der Waals surface area (Å²) in [6.45, 7) is 0. The number of aryl methyl sites for hydroxylation is 1. The lowest BCUT2D eigenvalue weighted by molar-refractivity contribution is -0.137. The van der Waals surface area contributed by atoms with Crippen molar-refractivity contribution >= 4 is 27.7 Å². The fourth-order valence-electron chi connectivity index (χ4n) is 1.92. The van der Waals surface area contributed by atoms with Gasteiger partial charge in [0.2, 0.25) is 0 Å². The number of halogens is 4. The van der Waals surface area contributed by atoms with Crippen molar-refractivity contribution in [3.63, 3.8) is 0 Å². The summed E-state index contributed by atoms with van der Waals surface area (Å²) in [7, 11) is 1.61. The van der Waals surface area contributed by atoms with E-state index in [1.165, 1.54) is 22.8 Å². The van der Waals surface area contributed by atoms with Gasteiger partial charge in [-0.25, -0.2) is 0 Å². The number of nitrogens with one attached hydrogen (secondary N) is 2. The molecule has 23 heavy (non-hydrogen) atoms. The lowest BCUT2D eigenvalue weighted by Gasteiger charge is -2.13. The average molecular weight is 390 g/mol. The molecule has 2 aromatic rings. The van der Waals surface area contributed by atoms with Crippen molar-refractivity contribution in [2.45, 2.75) is 6.18 Å². The SMILES string of the molecule is Cn1cc(Br)cc1C(=O)NNC(=O)c1ccccc1C(F)(F)F. The monoisotopic (exact) mass is 389 g/mol. The van der Waals surface area contributed by atoms with Crippen molar-refractivity contribution in [1.82, 2.24) is 15.4 Å². The van der Waals surface area contributed by atoms with Gasteiger partial charge in [0.1, 0.15) is 5.69 Å². The first-order valence-electron chi connectivity index (χ1n) is 6.29. The zero-order valence-electron chi connectivity index (χ0n) is 11.7. The van der Waals surface area contributed by atoms with Gasteiger partial charge in [-0.15, -0.1) is 0 Å². The molecule has 0 aliphatic heterocycles. The Balaban J connectivity index is 2.12. The van der Waals surface area contributed by atoms with E-state index in [1.807, 2.05) is 5.43 Å². The normalized spacial score (nSPS) is 11.2. The molecule has 0 saturated carbocycles. The number of nitrogens with zero attached hydrogens (tertiary/aromatic N) is 1. The molecule has 2 N–H and O–H groups in total. The summed E-state index contributed by atoms with van der Waals surface area (Å²) in [6, 6.07) is 5.82. The second kappa shape index (κ2) is 6.45. The maximum Gasteiger partial charge on any atom is 0.417 e. The standard InChI is InChI=1S/C14H11BrF3N3O2/c1-21-7-8(15)6-11(21)13(23)20-19-12(22)9-4-2-3-5-10(9)14(16,17)18/h2-7H,1H3,(H,19,22)(H,20,23). The summed E-state index contributed by atoms with van der Waals surface area (Å²) >= 11 is 3.19. The number of alkyl halides is 3. The Kier molecular flexibility index (Phi) is 4.79. The van der Waals surface area contributed by atoms with Gasteiger partial charge in [-0.2, -0.15) is 13.2 Å². The number of benzene rings is 1. The van der Waals surface area contributed by atoms with Gasteiger partial charge in [-0.05, 0) is 34.1 Å². The number of hydrogen-bond acceptors (Lipinski definition) is 2. The van der Waals surface area contributed by atoms with Gasteiger partial charge in [0, 0.05) is 17.7 Å². The van der Waals surface area contributed by atoms with Crippen molar-refractivity contribution in [2.75, 3.05) is 0 Å². The van der Waals surface area contributed by atoms with Crippen LogP contribution >= 0.6 is 15.9 Å². The number of rotatable bonds is 2. The van der Waals surface area contributed by atoms with Crippen molar-refractivity contribution in [3.05, 3.63) is 57.8 Å². The molecule has 122 valence electrons. The van der Waals surface area contributed by atoms with Crippen LogP contribution in [-0.4, -0.2) is 16.4 Å². The molecule has 2 amide bonds. The van der Waals surface area contributed by atoms with Gasteiger partial charge in [0.15, 0.2) is 0 Å². The average Bonchev–Trinajstić information content (AvgIpc) is 2.82. The highest BCUT2D eigenvalue weighted by molar-refractivity contribution is 9.10. The quantitative estimate of drug-likeness (QED) is 0.775. The van der Waals surface area contributed by atoms with Crippen LogP contribution in [0.5, 0.6) is 0 Å². The molecular weight excluding hydrogens is 379 g/mol. The first-order chi connectivity index (χ1) is 10.7. The molecule has 0 spiro atoms. The van der Waals surface area contributed by atoms with Crippen LogP contribution < -0.4 is 10.9 Å². The van der Waals surface area contributed by atoms with Crippen LogP contribution in [0.15, 0.2) is 41.0 Å². The minimum Gasteiger partial charge on any atom is -0.345 e. The first-order valence-corrected chi connectivity index (χ1v) is 7.08. The highest BCUT2D eigenvalue weighted by Gasteiger charge is 2.34. The first kappa shape index (κ1) is 17.1. The van der Waals surface area contributed by atoms with E-state index >= 15 is 0 Å². The molecule has 0 atom stereocenters. The zero-order chi connectivity index (χ0) is 17.2. The highest BCUT2D eigenvalue weighted by Crippen LogP contribution is 2.31. The maximum absolute atomic E-state index is 12.9. The van der Waals surface area contributed by atoms with Crippen molar-refractivity contribution in [2.24, 2.45) is 7.05 Å². The van der Waals surface area contributed by atoms with E-state index in [-0.39, 0.29) is 5.69 Å². The van der Waals surface area contributed by atoms with Crippen LogP contribution in [0.3, 0.4) is 0 Å². The Hall–Kier alpha value is -2.29. The molecule has 0 aliphatic rings. The Bertz CT molecular complexity index is 756. The molecule has 0 saturated heterocycles. The molecule has 0 unspecified atom stereocenters. The number of aromatic nitrogens is 1. The molecule has 5 nitrogen and oxygen atoms in total. The molecule has 1 aromatic carbocycles. The zero-order valence-corrected chi connectivity index (χ0v) is 13.3. The van der Waals surface area contributed by atoms with E-state index < -0.39 is 29.1 Å². The van der Waals surface area contributed by atoms with E-state index in [0.29, 0.717) is 4.47 Å². The second-order valence-corrected chi connectivity index (χ2v) is 5.52. The number of amides is 2. The summed E-state index contributed by atoms with van der Waals surface area (Å²) in [6.07, 6.45) is -3.05. The molecule has 0 radical (unpaired) electrons. The van der Waals surface area contributed by atoms with E-state index in [1.54, 1.807) is 13.2 Å². The number of hydrogen-bond donors (Lipinski definition) is 2. The predicted molar refractivity (Wildman–Crippen MR) is 79.5 cm³/mol. The lowest BCUT2D eigenvalue weighted by Crippen LogP contribution is -2.42. The number of hydrazine groups is 1. The van der Waals surface area contributed by atoms with Gasteiger partial charge in [0.25, 0.3) is 11.8 Å². The Morgan fingerprint density at radius 3 is 2.30 bits per heavy atom. The van der Waals surface area contributed by atoms with E-state index in [9.17, 15) is 22.8 Å². The minimum absolute atomic E-state index is 0.223. The van der Waals surface area contributed by atoms with Crippen molar-refractivity contribution < 1.29 is 22.8 Å². The third-order valence-corrected chi connectivity index (χ3v) is 3.40. The molecule has 1 heterocycles. The highest BCUT2D eigenvalue weighted by atomic mass is 79.9. The van der Waals surface area contributed by atoms with Gasteiger partial charge in [-0.3, -0.25) is 20.4 Å². The van der Waals surface area contributed by atoms with E-state index in [4.69, 9.17) is 0 Å². The third kappa shape index (κ3) is 3.92. The molecule has 0 fully saturated rings. The number of carbonyl (C=O) groups is 2. The molecular formula is C14H11BrF3N3O2. The molecule has 9 heteroatoms. The van der Waals surface area contributed by atoms with E-state index in [0.717, 1.165) is 12.1 Å². The van der Waals surface area contributed by atoms with Crippen LogP contribution in [0.1, 0.15) is 26.4 Å². The molecule has 0 aliphatic carbocycles. The van der Waals surface area contributed by atoms with Crippen LogP contribution in [-0.2, 0) is 13.2 Å². The fraction of sp³-hybridized carbons (Fsp3) is 0.143. The summed E-state index contributed by atoms with van der Waals surface area (Å²) in [5.41, 5.74) is 2.63. The summed E-state index contributed by atoms with van der Waals surface area (Å²) < 4.78 is 40.7. The lowest BCUT2D eigenvalue weighted by atomic mass is 10.1. The summed E-state index contributed by atoms with van der Waals surface area (Å²) in [5.74, 6) is -1.71. The topological polar surface area (TPSA) is 63.1 Å². The van der Waals surface area contributed by atoms with Gasteiger partial charge in [-0.1, -0.05) is 12.1 Å². The molecule has 0 bridgehead atoms. The predicted octanol–water partition coefficient (Wildman–Crippen LogP) is 2.88. The van der Waals surface area contributed by atoms with Crippen molar-refractivity contribution in [1.29, 1.82) is 0 Å². The van der Waals surface area contributed by atoms with Crippen LogP contribution in [0.25, 0.3) is 0 Å². The van der Waals surface area contributed by atoms with Crippen LogP contribution in [0, 0.1) is 0 Å². The summed E-state index contributed by atoms with van der Waals surface area (Å²) in [4.78, 5) is 23.8. The van der Waals surface area contributed by atoms with Gasteiger partial charge in [0.05, 0.1) is 11.1 Å². The minimum atomic E-state index is -4.67. The fourth-order valence-corrected chi connectivity index (χ4v) is 2.45. The van der Waals surface area contributed by atoms with Crippen molar-refractivity contribution in [3.8, 4) is 0 Å². The molecule has 1 aromatic heterocycles. The maximum atomic E-state index is 12.9. The second-order valence-electron chi connectivity index (χ2n) is 4.61. The Morgan fingerprint density at radius 1 is 1.13 bits per heavy atom. The smallest absolute Gasteiger partial charge is 0.345 e. The number of carbonyl (C=O) groups excluding carboxylic acids is 2. The van der Waals surface area contributed by atoms with Gasteiger partial charge >= 0.3 is 6.18 Å². The van der Waals surface area contributed by atoms with Gasteiger partial charge < -0.3 is 4.57 Å². The molecule has 2 rings (SSSR count). The largest absolute Gasteiger partial charge is 0.417 e. The van der Waals surface area contributed by atoms with Crippen LogP contribution in [0.2, 0.25) is 0 Å². The summed E-state index contributed by atoms with van der Waals surface area (Å²) in [5, 5.41) is 0. The Labute approximate surface area is 137 Å². The van der Waals surface area contributed by atoms with Crippen LogP contribution in [0.4, 0.5) is 13.2 Å².